The van der Waals surface area contributed by atoms with Crippen LogP contribution in [0, 0.1) is 0 Å². The number of nitrogens with zero attached hydrogens (tertiary/aromatic N) is 3. The molecule has 206 valence electrons. The summed E-state index contributed by atoms with van der Waals surface area (Å²) in [6.45, 7) is 0. The molecular weight excluding hydrogens is 538 g/mol. The maximum atomic E-state index is 6.55. The van der Waals surface area contributed by atoms with Crippen LogP contribution in [-0.4, -0.2) is 14.5 Å². The van der Waals surface area contributed by atoms with Crippen molar-refractivity contribution in [2.75, 3.05) is 0 Å². The first-order valence-electron chi connectivity index (χ1n) is 14.8. The van der Waals surface area contributed by atoms with Gasteiger partial charge in [-0.05, 0) is 29.3 Å². The van der Waals surface area contributed by atoms with Gasteiger partial charge in [-0.25, -0.2) is 9.97 Å². The van der Waals surface area contributed by atoms with Gasteiger partial charge >= 0.3 is 0 Å². The van der Waals surface area contributed by atoms with Crippen LogP contribution < -0.4 is 0 Å². The molecule has 0 aliphatic carbocycles. The van der Waals surface area contributed by atoms with Crippen LogP contribution in [0.4, 0.5) is 0 Å². The molecule has 9 rings (SSSR count). The van der Waals surface area contributed by atoms with Gasteiger partial charge in [0.2, 0.25) is 0 Å². The van der Waals surface area contributed by atoms with Gasteiger partial charge < -0.3 is 4.42 Å². The maximum absolute atomic E-state index is 6.55. The van der Waals surface area contributed by atoms with Crippen LogP contribution >= 0.6 is 0 Å². The average Bonchev–Trinajstić information content (AvgIpc) is 3.65. The largest absolute Gasteiger partial charge is 0.456 e. The van der Waals surface area contributed by atoms with Gasteiger partial charge in [0.15, 0.2) is 5.82 Å². The Labute approximate surface area is 253 Å². The van der Waals surface area contributed by atoms with E-state index in [9.17, 15) is 0 Å². The van der Waals surface area contributed by atoms with E-state index in [-0.39, 0.29) is 0 Å². The molecule has 3 aromatic heterocycles. The summed E-state index contributed by atoms with van der Waals surface area (Å²) in [4.78, 5) is 10.3. The van der Waals surface area contributed by atoms with Crippen molar-refractivity contribution in [1.82, 2.24) is 14.5 Å². The van der Waals surface area contributed by atoms with Gasteiger partial charge in [-0.1, -0.05) is 127 Å². The zero-order valence-corrected chi connectivity index (χ0v) is 23.7. The monoisotopic (exact) mass is 563 g/mol. The van der Waals surface area contributed by atoms with E-state index in [1.54, 1.807) is 0 Å². The van der Waals surface area contributed by atoms with E-state index in [1.165, 1.54) is 5.39 Å². The molecule has 0 radical (unpaired) electrons. The minimum absolute atomic E-state index is 0.681. The average molecular weight is 564 g/mol. The van der Waals surface area contributed by atoms with Crippen LogP contribution in [0.5, 0.6) is 0 Å². The summed E-state index contributed by atoms with van der Waals surface area (Å²) in [5.74, 6) is 1.49. The van der Waals surface area contributed by atoms with E-state index in [0.29, 0.717) is 5.82 Å². The fourth-order valence-corrected chi connectivity index (χ4v) is 6.47. The maximum Gasteiger partial charge on any atom is 0.162 e. The predicted molar refractivity (Wildman–Crippen MR) is 180 cm³/mol. The second-order valence-electron chi connectivity index (χ2n) is 11.0. The molecule has 0 aliphatic rings. The lowest BCUT2D eigenvalue weighted by atomic mass is 9.97. The molecule has 0 atom stereocenters. The van der Waals surface area contributed by atoms with Crippen molar-refractivity contribution in [2.45, 2.75) is 0 Å². The Bertz CT molecular complexity index is 2420. The van der Waals surface area contributed by atoms with E-state index < -0.39 is 0 Å². The van der Waals surface area contributed by atoms with Crippen molar-refractivity contribution in [2.24, 2.45) is 0 Å². The highest BCUT2D eigenvalue weighted by Gasteiger charge is 2.24. The third kappa shape index (κ3) is 3.78. The quantitative estimate of drug-likeness (QED) is 0.214. The molecule has 4 heteroatoms. The first-order chi connectivity index (χ1) is 21.8. The van der Waals surface area contributed by atoms with Gasteiger partial charge in [-0.2, -0.15) is 0 Å². The zero-order valence-electron chi connectivity index (χ0n) is 23.7. The molecule has 0 aliphatic heterocycles. The Morgan fingerprint density at radius 2 is 1.09 bits per heavy atom. The first-order valence-corrected chi connectivity index (χ1v) is 14.8. The van der Waals surface area contributed by atoms with Gasteiger partial charge in [0.1, 0.15) is 17.0 Å². The van der Waals surface area contributed by atoms with Gasteiger partial charge in [0.25, 0.3) is 0 Å². The number of rotatable bonds is 4. The summed E-state index contributed by atoms with van der Waals surface area (Å²) in [7, 11) is 0. The predicted octanol–water partition coefficient (Wildman–Crippen LogP) is 10.5. The fourth-order valence-electron chi connectivity index (χ4n) is 6.47. The van der Waals surface area contributed by atoms with Crippen molar-refractivity contribution in [1.29, 1.82) is 0 Å². The van der Waals surface area contributed by atoms with E-state index in [2.05, 4.69) is 108 Å². The lowest BCUT2D eigenvalue weighted by Gasteiger charge is -2.13. The Morgan fingerprint density at radius 1 is 0.477 bits per heavy atom. The van der Waals surface area contributed by atoms with Gasteiger partial charge in [0.05, 0.1) is 22.1 Å². The summed E-state index contributed by atoms with van der Waals surface area (Å²) in [6, 6.07) is 52.3. The van der Waals surface area contributed by atoms with E-state index in [0.717, 1.165) is 72.1 Å². The molecule has 6 aromatic carbocycles. The highest BCUT2D eigenvalue weighted by molar-refractivity contribution is 6.28. The molecule has 44 heavy (non-hydrogen) atoms. The smallest absolute Gasteiger partial charge is 0.162 e. The molecule has 0 saturated heterocycles. The Hall–Kier alpha value is -6.00. The molecular formula is C40H25N3O. The van der Waals surface area contributed by atoms with Crippen LogP contribution in [0.15, 0.2) is 156 Å². The first kappa shape index (κ1) is 24.6. The number of benzene rings is 6. The molecule has 4 nitrogen and oxygen atoms in total. The van der Waals surface area contributed by atoms with Crippen LogP contribution in [0.1, 0.15) is 0 Å². The topological polar surface area (TPSA) is 43.9 Å². The van der Waals surface area contributed by atoms with Crippen molar-refractivity contribution in [3.05, 3.63) is 152 Å². The molecule has 3 heterocycles. The van der Waals surface area contributed by atoms with Gasteiger partial charge in [-0.15, -0.1) is 0 Å². The third-order valence-corrected chi connectivity index (χ3v) is 8.41. The van der Waals surface area contributed by atoms with E-state index in [4.69, 9.17) is 14.4 Å². The van der Waals surface area contributed by atoms with Crippen molar-refractivity contribution >= 4 is 43.7 Å². The van der Waals surface area contributed by atoms with Crippen LogP contribution in [0.2, 0.25) is 0 Å². The van der Waals surface area contributed by atoms with Crippen molar-refractivity contribution in [3.8, 4) is 39.6 Å². The molecule has 0 spiro atoms. The highest BCUT2D eigenvalue weighted by atomic mass is 16.3. The number of para-hydroxylation sites is 2. The van der Waals surface area contributed by atoms with Crippen LogP contribution in [-0.2, 0) is 0 Å². The summed E-state index contributed by atoms with van der Waals surface area (Å²) in [5, 5.41) is 4.49. The number of hydrogen-bond acceptors (Lipinski definition) is 3. The number of fused-ring (bicyclic) bond motifs is 7. The molecule has 0 fully saturated rings. The summed E-state index contributed by atoms with van der Waals surface area (Å²) < 4.78 is 8.86. The number of furan rings is 1. The number of hydrogen-bond donors (Lipinski definition) is 0. The second kappa shape index (κ2) is 9.79. The van der Waals surface area contributed by atoms with Crippen LogP contribution in [0.3, 0.4) is 0 Å². The minimum Gasteiger partial charge on any atom is -0.456 e. The SMILES string of the molecule is c1ccc(-c2cc(-n3c4ccccc4c4c(-c5ccccc5)cc5oc6ccccc6c5c43)nc(-c3ccccc3)n2)cc1. The molecule has 0 bridgehead atoms. The van der Waals surface area contributed by atoms with Crippen LogP contribution in [0.25, 0.3) is 83.3 Å². The molecule has 0 saturated carbocycles. The molecule has 0 amide bonds. The van der Waals surface area contributed by atoms with Gasteiger partial charge in [0, 0.05) is 33.4 Å². The summed E-state index contributed by atoms with van der Waals surface area (Å²) in [6.07, 6.45) is 0. The lowest BCUT2D eigenvalue weighted by Crippen LogP contribution is -2.02. The zero-order chi connectivity index (χ0) is 29.0. The molecule has 0 unspecified atom stereocenters. The lowest BCUT2D eigenvalue weighted by molar-refractivity contribution is 0.669. The molecule has 9 aromatic rings. The van der Waals surface area contributed by atoms with Crippen molar-refractivity contribution in [3.63, 3.8) is 0 Å². The third-order valence-electron chi connectivity index (χ3n) is 8.41. The fraction of sp³-hybridized carbons (Fsp3) is 0. The Balaban J connectivity index is 1.49. The highest BCUT2D eigenvalue weighted by Crippen LogP contribution is 2.45. The van der Waals surface area contributed by atoms with E-state index >= 15 is 0 Å². The minimum atomic E-state index is 0.681. The molecule has 0 N–H and O–H groups in total. The summed E-state index contributed by atoms with van der Waals surface area (Å²) >= 11 is 0. The summed E-state index contributed by atoms with van der Waals surface area (Å²) in [5.41, 5.74) is 9.01. The second-order valence-corrected chi connectivity index (χ2v) is 11.0. The Morgan fingerprint density at radius 3 is 1.84 bits per heavy atom. The van der Waals surface area contributed by atoms with E-state index in [1.807, 2.05) is 48.5 Å². The van der Waals surface area contributed by atoms with Crippen molar-refractivity contribution < 1.29 is 4.42 Å². The normalized spacial score (nSPS) is 11.6. The standard InChI is InChI=1S/C40H25N3O/c1-4-14-26(15-5-1)31-24-35-38(30-21-11-13-23-34(30)44-35)39-37(31)29-20-10-12-22-33(29)43(39)36-25-32(27-16-6-2-7-17-27)41-40(42-36)28-18-8-3-9-19-28/h1-25H. The number of aromatic nitrogens is 3. The van der Waals surface area contributed by atoms with Gasteiger partial charge in [-0.3, -0.25) is 4.57 Å². The Kier molecular flexibility index (Phi) is 5.47.